The van der Waals surface area contributed by atoms with Crippen LogP contribution in [0.4, 0.5) is 4.39 Å². The van der Waals surface area contributed by atoms with Crippen molar-refractivity contribution in [2.45, 2.75) is 20.0 Å². The number of hydrogen-bond acceptors (Lipinski definition) is 5. The Kier molecular flexibility index (Phi) is 6.33. The van der Waals surface area contributed by atoms with Crippen LogP contribution >= 0.6 is 0 Å². The highest BCUT2D eigenvalue weighted by Gasteiger charge is 2.62. The first-order valence-corrected chi connectivity index (χ1v) is 12.2. The Labute approximate surface area is 181 Å². The number of sulfone groups is 2. The minimum atomic E-state index is -5.05. The van der Waals surface area contributed by atoms with Crippen molar-refractivity contribution in [1.29, 1.82) is 0 Å². The molecule has 0 N–H and O–H groups in total. The van der Waals surface area contributed by atoms with Crippen molar-refractivity contribution >= 4 is 19.7 Å². The van der Waals surface area contributed by atoms with E-state index in [9.17, 15) is 16.8 Å². The number of halogens is 1. The smallest absolute Gasteiger partial charge is 0.327 e. The van der Waals surface area contributed by atoms with Crippen LogP contribution in [-0.2, 0) is 19.7 Å². The Morgan fingerprint density at radius 3 is 1.74 bits per heavy atom. The van der Waals surface area contributed by atoms with Crippen LogP contribution < -0.4 is 4.74 Å². The zero-order valence-electron chi connectivity index (χ0n) is 16.7. The lowest BCUT2D eigenvalue weighted by Gasteiger charge is -2.31. The van der Waals surface area contributed by atoms with E-state index in [1.165, 1.54) is 49.6 Å². The zero-order chi connectivity index (χ0) is 22.7. The van der Waals surface area contributed by atoms with Crippen molar-refractivity contribution in [3.05, 3.63) is 103 Å². The van der Waals surface area contributed by atoms with E-state index < -0.39 is 39.7 Å². The fraction of sp³-hybridized carbons (Fsp3) is 0.130. The number of benzene rings is 3. The third-order valence-corrected chi connectivity index (χ3v) is 9.98. The third kappa shape index (κ3) is 3.77. The summed E-state index contributed by atoms with van der Waals surface area (Å²) in [6, 6.07) is 19.3. The van der Waals surface area contributed by atoms with Crippen molar-refractivity contribution in [3.63, 3.8) is 0 Å². The first kappa shape index (κ1) is 22.7. The lowest BCUT2D eigenvalue weighted by molar-refractivity contribution is 0.330. The predicted octanol–water partition coefficient (Wildman–Crippen LogP) is 4.54. The second-order valence-electron chi connectivity index (χ2n) is 6.71. The van der Waals surface area contributed by atoms with E-state index in [0.717, 1.165) is 30.3 Å². The maximum absolute atomic E-state index is 17.0. The van der Waals surface area contributed by atoms with Crippen LogP contribution in [0.5, 0.6) is 5.75 Å². The summed E-state index contributed by atoms with van der Waals surface area (Å²) in [4.78, 5) is -0.904. The molecule has 0 heterocycles. The molecule has 3 aromatic rings. The van der Waals surface area contributed by atoms with Gasteiger partial charge < -0.3 is 4.74 Å². The van der Waals surface area contributed by atoms with Gasteiger partial charge >= 0.3 is 4.33 Å². The monoisotopic (exact) mass is 460 g/mol. The van der Waals surface area contributed by atoms with Crippen molar-refractivity contribution in [1.82, 2.24) is 0 Å². The molecule has 0 radical (unpaired) electrons. The second-order valence-corrected chi connectivity index (χ2v) is 11.1. The molecule has 0 unspecified atom stereocenters. The summed E-state index contributed by atoms with van der Waals surface area (Å²) in [6.07, 6.45) is 0.996. The molecule has 31 heavy (non-hydrogen) atoms. The van der Waals surface area contributed by atoms with E-state index in [1.807, 2.05) is 0 Å². The van der Waals surface area contributed by atoms with Crippen LogP contribution in [0.3, 0.4) is 0 Å². The van der Waals surface area contributed by atoms with Gasteiger partial charge in [0.05, 0.1) is 22.8 Å². The highest BCUT2D eigenvalue weighted by atomic mass is 32.3. The molecule has 0 aromatic heterocycles. The molecule has 0 aliphatic carbocycles. The van der Waals surface area contributed by atoms with E-state index >= 15 is 4.39 Å². The topological polar surface area (TPSA) is 77.5 Å². The molecule has 0 amide bonds. The average molecular weight is 461 g/mol. The van der Waals surface area contributed by atoms with Gasteiger partial charge in [0, 0.05) is 0 Å². The standard InChI is InChI=1S/C23H21FO5S2/c1-3-22(18-11-10-12-19(17-18)29-2)23(24,30(25,26)20-13-6-4-7-14-20)31(27,28)21-15-8-5-9-16-21/h3-17,22H,1H2,2H3/t22-/m0/s1. The number of ether oxygens (including phenoxy) is 1. The molecule has 0 bridgehead atoms. The minimum absolute atomic E-state index is 0.0934. The lowest BCUT2D eigenvalue weighted by atomic mass is 10.00. The molecule has 5 nitrogen and oxygen atoms in total. The van der Waals surface area contributed by atoms with Gasteiger partial charge in [0.25, 0.3) is 0 Å². The molecule has 0 saturated carbocycles. The van der Waals surface area contributed by atoms with Gasteiger partial charge in [0.15, 0.2) is 0 Å². The molecule has 0 spiro atoms. The van der Waals surface area contributed by atoms with E-state index in [4.69, 9.17) is 4.74 Å². The number of allylic oxidation sites excluding steroid dienone is 1. The van der Waals surface area contributed by atoms with Crippen molar-refractivity contribution in [2.24, 2.45) is 0 Å². The number of alkyl halides is 1. The number of hydrogen-bond donors (Lipinski definition) is 0. The minimum Gasteiger partial charge on any atom is -0.497 e. The van der Waals surface area contributed by atoms with Crippen molar-refractivity contribution in [3.8, 4) is 5.75 Å². The van der Waals surface area contributed by atoms with Gasteiger partial charge in [-0.3, -0.25) is 0 Å². The van der Waals surface area contributed by atoms with E-state index in [2.05, 4.69) is 6.58 Å². The van der Waals surface area contributed by atoms with Gasteiger partial charge in [-0.15, -0.1) is 6.58 Å². The summed E-state index contributed by atoms with van der Waals surface area (Å²) in [5, 5.41) is 0. The number of rotatable bonds is 8. The molecule has 8 heteroatoms. The van der Waals surface area contributed by atoms with Crippen LogP contribution in [0.2, 0.25) is 0 Å². The molecule has 0 fully saturated rings. The second kappa shape index (κ2) is 8.64. The van der Waals surface area contributed by atoms with Gasteiger partial charge in [-0.25, -0.2) is 21.2 Å². The van der Waals surface area contributed by atoms with Crippen molar-refractivity contribution in [2.75, 3.05) is 7.11 Å². The quantitative estimate of drug-likeness (QED) is 0.462. The predicted molar refractivity (Wildman–Crippen MR) is 117 cm³/mol. The van der Waals surface area contributed by atoms with Crippen LogP contribution in [0.15, 0.2) is 107 Å². The summed E-state index contributed by atoms with van der Waals surface area (Å²) in [6.45, 7) is 3.56. The molecule has 0 saturated heterocycles. The highest BCUT2D eigenvalue weighted by Crippen LogP contribution is 2.47. The van der Waals surface area contributed by atoms with Gasteiger partial charge in [0.1, 0.15) is 5.75 Å². The maximum atomic E-state index is 17.0. The zero-order valence-corrected chi connectivity index (χ0v) is 18.3. The molecule has 1 atom stereocenters. The van der Waals surface area contributed by atoms with E-state index in [1.54, 1.807) is 18.2 Å². The van der Waals surface area contributed by atoms with E-state index in [0.29, 0.717) is 5.75 Å². The Balaban J connectivity index is 2.37. The largest absolute Gasteiger partial charge is 0.497 e. The molecule has 3 rings (SSSR count). The Bertz CT molecular complexity index is 1200. The van der Waals surface area contributed by atoms with Crippen molar-refractivity contribution < 1.29 is 26.0 Å². The summed E-state index contributed by atoms with van der Waals surface area (Å²) >= 11 is 0. The fourth-order valence-corrected chi connectivity index (χ4v) is 7.85. The molecular weight excluding hydrogens is 439 g/mol. The number of methoxy groups -OCH3 is 1. The fourth-order valence-electron chi connectivity index (χ4n) is 3.31. The average Bonchev–Trinajstić information content (AvgIpc) is 2.80. The summed E-state index contributed by atoms with van der Waals surface area (Å²) in [7, 11) is -8.71. The third-order valence-electron chi connectivity index (χ3n) is 4.90. The van der Waals surface area contributed by atoms with E-state index in [-0.39, 0.29) is 5.56 Å². The molecule has 3 aromatic carbocycles. The summed E-state index contributed by atoms with van der Waals surface area (Å²) in [5.41, 5.74) is 0.0934. The molecule has 0 aliphatic heterocycles. The van der Waals surface area contributed by atoms with Gasteiger partial charge in [-0.2, -0.15) is 0 Å². The SMILES string of the molecule is C=C[C@@H](c1cccc(OC)c1)C(F)(S(=O)(=O)c1ccccc1)S(=O)(=O)c1ccccc1. The summed E-state index contributed by atoms with van der Waals surface area (Å²) in [5.74, 6) is -1.42. The lowest BCUT2D eigenvalue weighted by Crippen LogP contribution is -2.47. The van der Waals surface area contributed by atoms with Crippen LogP contribution in [0, 0.1) is 0 Å². The summed E-state index contributed by atoms with van der Waals surface area (Å²) < 4.78 is 72.7. The Hall–Kier alpha value is -2.97. The first-order valence-electron chi connectivity index (χ1n) is 9.25. The van der Waals surface area contributed by atoms with Gasteiger partial charge in [0.2, 0.25) is 19.7 Å². The highest BCUT2D eigenvalue weighted by molar-refractivity contribution is 8.10. The Morgan fingerprint density at radius 2 is 1.32 bits per heavy atom. The van der Waals surface area contributed by atoms with Gasteiger partial charge in [-0.05, 0) is 42.0 Å². The Morgan fingerprint density at radius 1 is 0.839 bits per heavy atom. The molecule has 162 valence electrons. The maximum Gasteiger partial charge on any atom is 0.327 e. The molecular formula is C23H21FO5S2. The van der Waals surface area contributed by atoms with Crippen LogP contribution in [0.25, 0.3) is 0 Å². The van der Waals surface area contributed by atoms with Crippen LogP contribution in [-0.4, -0.2) is 28.3 Å². The van der Waals surface area contributed by atoms with Gasteiger partial charge in [-0.1, -0.05) is 54.6 Å². The van der Waals surface area contributed by atoms with Crippen LogP contribution in [0.1, 0.15) is 11.5 Å². The molecule has 0 aliphatic rings. The normalized spacial score (nSPS) is 13.4. The first-order chi connectivity index (χ1) is 14.7.